The average Bonchev–Trinajstić information content (AvgIpc) is 2.35. The van der Waals surface area contributed by atoms with Crippen LogP contribution in [0.25, 0.3) is 0 Å². The monoisotopic (exact) mass is 337 g/mol. The highest BCUT2D eigenvalue weighted by Crippen LogP contribution is 2.40. The molecule has 1 heterocycles. The van der Waals surface area contributed by atoms with Gasteiger partial charge in [0.25, 0.3) is 0 Å². The zero-order chi connectivity index (χ0) is 15.8. The second-order valence-electron chi connectivity index (χ2n) is 3.99. The maximum atomic E-state index is 13.0. The molecule has 2 aromatic rings. The molecule has 0 saturated heterocycles. The van der Waals surface area contributed by atoms with E-state index in [0.29, 0.717) is 11.1 Å². The van der Waals surface area contributed by atoms with Gasteiger partial charge in [0.2, 0.25) is 5.88 Å². The van der Waals surface area contributed by atoms with Crippen LogP contribution in [0.1, 0.15) is 5.56 Å². The number of alkyl halides is 3. The van der Waals surface area contributed by atoms with Gasteiger partial charge in [-0.15, -0.1) is 0 Å². The molecule has 0 atom stereocenters. The van der Waals surface area contributed by atoms with Crippen molar-refractivity contribution in [1.82, 2.24) is 4.98 Å². The van der Waals surface area contributed by atoms with Crippen molar-refractivity contribution in [3.05, 3.63) is 39.9 Å². The summed E-state index contributed by atoms with van der Waals surface area (Å²) in [5.74, 6) is -1.05. The predicted molar refractivity (Wildman–Crippen MR) is 74.6 cm³/mol. The Morgan fingerprint density at radius 1 is 1.10 bits per heavy atom. The molecular formula is C12H8Cl2F3N3O. The van der Waals surface area contributed by atoms with Crippen molar-refractivity contribution in [2.45, 2.75) is 6.18 Å². The van der Waals surface area contributed by atoms with E-state index in [2.05, 4.69) is 4.98 Å². The summed E-state index contributed by atoms with van der Waals surface area (Å²) in [7, 11) is 0. The van der Waals surface area contributed by atoms with Gasteiger partial charge >= 0.3 is 6.18 Å². The minimum absolute atomic E-state index is 0.0350. The van der Waals surface area contributed by atoms with E-state index in [1.165, 1.54) is 18.2 Å². The first-order valence-electron chi connectivity index (χ1n) is 5.44. The highest BCUT2D eigenvalue weighted by molar-refractivity contribution is 6.35. The Morgan fingerprint density at radius 3 is 2.33 bits per heavy atom. The SMILES string of the molecule is Nc1cc(C(F)(F)F)c(Oc2ccc(Cl)cc2Cl)nc1N. The van der Waals surface area contributed by atoms with Gasteiger partial charge in [-0.25, -0.2) is 0 Å². The largest absolute Gasteiger partial charge is 0.437 e. The maximum absolute atomic E-state index is 13.0. The van der Waals surface area contributed by atoms with Crippen LogP contribution >= 0.6 is 23.2 Å². The summed E-state index contributed by atoms with van der Waals surface area (Å²) in [6.07, 6.45) is -4.71. The molecule has 2 rings (SSSR count). The third kappa shape index (κ3) is 3.43. The maximum Gasteiger partial charge on any atom is 0.421 e. The lowest BCUT2D eigenvalue weighted by atomic mass is 10.2. The number of nitrogens with zero attached hydrogens (tertiary/aromatic N) is 1. The first-order valence-corrected chi connectivity index (χ1v) is 6.20. The van der Waals surface area contributed by atoms with Crippen LogP contribution in [0.2, 0.25) is 10.0 Å². The van der Waals surface area contributed by atoms with Crippen LogP contribution in [0.15, 0.2) is 24.3 Å². The van der Waals surface area contributed by atoms with Crippen LogP contribution in [0.5, 0.6) is 11.6 Å². The minimum Gasteiger partial charge on any atom is -0.437 e. The normalized spacial score (nSPS) is 11.5. The van der Waals surface area contributed by atoms with E-state index in [4.69, 9.17) is 39.4 Å². The van der Waals surface area contributed by atoms with E-state index in [0.717, 1.165) is 0 Å². The van der Waals surface area contributed by atoms with Gasteiger partial charge in [0.1, 0.15) is 11.3 Å². The van der Waals surface area contributed by atoms with Gasteiger partial charge in [0.15, 0.2) is 5.82 Å². The topological polar surface area (TPSA) is 74.2 Å². The van der Waals surface area contributed by atoms with E-state index < -0.39 is 17.6 Å². The van der Waals surface area contributed by atoms with Crippen molar-refractivity contribution >= 4 is 34.7 Å². The van der Waals surface area contributed by atoms with Crippen LogP contribution < -0.4 is 16.2 Å². The highest BCUT2D eigenvalue weighted by atomic mass is 35.5. The van der Waals surface area contributed by atoms with E-state index in [9.17, 15) is 13.2 Å². The third-order valence-electron chi connectivity index (χ3n) is 2.45. The summed E-state index contributed by atoms with van der Waals surface area (Å²) in [4.78, 5) is 3.52. The molecule has 112 valence electrons. The number of nitrogen functional groups attached to an aromatic ring is 2. The number of hydrogen-bond acceptors (Lipinski definition) is 4. The van der Waals surface area contributed by atoms with Crippen LogP contribution in [0, 0.1) is 0 Å². The van der Waals surface area contributed by atoms with Crippen LogP contribution in [-0.2, 0) is 6.18 Å². The summed E-state index contributed by atoms with van der Waals surface area (Å²) in [6, 6.07) is 4.71. The van der Waals surface area contributed by atoms with Crippen LogP contribution in [0.4, 0.5) is 24.7 Å². The number of rotatable bonds is 2. The standard InChI is InChI=1S/C12H8Cl2F3N3O/c13-5-1-2-9(7(14)3-5)21-11-6(12(15,16)17)4-8(18)10(19)20-11/h1-4H,18H2,(H2,19,20). The van der Waals surface area contributed by atoms with E-state index in [1.807, 2.05) is 0 Å². The Hall–Kier alpha value is -1.86. The number of anilines is 2. The van der Waals surface area contributed by atoms with E-state index in [-0.39, 0.29) is 22.3 Å². The number of halogens is 5. The number of hydrogen-bond donors (Lipinski definition) is 2. The Balaban J connectivity index is 2.50. The Kier molecular flexibility index (Phi) is 4.06. The molecule has 0 radical (unpaired) electrons. The smallest absolute Gasteiger partial charge is 0.421 e. The van der Waals surface area contributed by atoms with Crippen molar-refractivity contribution in [3.8, 4) is 11.6 Å². The molecule has 0 fully saturated rings. The van der Waals surface area contributed by atoms with Crippen molar-refractivity contribution < 1.29 is 17.9 Å². The molecule has 4 N–H and O–H groups in total. The van der Waals surface area contributed by atoms with Crippen molar-refractivity contribution in [2.75, 3.05) is 11.5 Å². The van der Waals surface area contributed by atoms with Crippen molar-refractivity contribution in [3.63, 3.8) is 0 Å². The van der Waals surface area contributed by atoms with Crippen molar-refractivity contribution in [2.24, 2.45) is 0 Å². The number of ether oxygens (including phenoxy) is 1. The molecule has 0 aliphatic rings. The molecule has 0 saturated carbocycles. The fraction of sp³-hybridized carbons (Fsp3) is 0.0833. The van der Waals surface area contributed by atoms with E-state index in [1.54, 1.807) is 0 Å². The highest BCUT2D eigenvalue weighted by Gasteiger charge is 2.36. The van der Waals surface area contributed by atoms with Gasteiger partial charge in [-0.05, 0) is 24.3 Å². The number of pyridine rings is 1. The zero-order valence-corrected chi connectivity index (χ0v) is 11.7. The lowest BCUT2D eigenvalue weighted by molar-refractivity contribution is -0.138. The molecule has 4 nitrogen and oxygen atoms in total. The lowest BCUT2D eigenvalue weighted by Gasteiger charge is -2.15. The molecular weight excluding hydrogens is 330 g/mol. The first kappa shape index (κ1) is 15.5. The Bertz CT molecular complexity index is 692. The van der Waals surface area contributed by atoms with Gasteiger partial charge < -0.3 is 16.2 Å². The molecule has 0 unspecified atom stereocenters. The number of nitrogens with two attached hydrogens (primary N) is 2. The summed E-state index contributed by atoms with van der Waals surface area (Å²) in [6.45, 7) is 0. The lowest BCUT2D eigenvalue weighted by Crippen LogP contribution is -2.11. The second-order valence-corrected chi connectivity index (χ2v) is 4.83. The molecule has 0 bridgehead atoms. The number of benzene rings is 1. The van der Waals surface area contributed by atoms with E-state index >= 15 is 0 Å². The fourth-order valence-electron chi connectivity index (χ4n) is 1.47. The molecule has 0 aliphatic carbocycles. The summed E-state index contributed by atoms with van der Waals surface area (Å²) < 4.78 is 44.0. The van der Waals surface area contributed by atoms with Crippen LogP contribution in [-0.4, -0.2) is 4.98 Å². The third-order valence-corrected chi connectivity index (χ3v) is 2.98. The van der Waals surface area contributed by atoms with Gasteiger partial charge in [0.05, 0.1) is 10.7 Å². The first-order chi connectivity index (χ1) is 9.68. The molecule has 0 spiro atoms. The number of aromatic nitrogens is 1. The van der Waals surface area contributed by atoms with Gasteiger partial charge in [-0.2, -0.15) is 18.2 Å². The molecule has 1 aromatic heterocycles. The Morgan fingerprint density at radius 2 is 1.76 bits per heavy atom. The zero-order valence-electron chi connectivity index (χ0n) is 10.2. The van der Waals surface area contributed by atoms with Gasteiger partial charge in [-0.1, -0.05) is 23.2 Å². The Labute approximate surface area is 127 Å². The quantitative estimate of drug-likeness (QED) is 0.853. The average molecular weight is 338 g/mol. The van der Waals surface area contributed by atoms with Gasteiger partial charge in [0, 0.05) is 5.02 Å². The fourth-order valence-corrected chi connectivity index (χ4v) is 1.92. The molecule has 1 aromatic carbocycles. The summed E-state index contributed by atoms with van der Waals surface area (Å²) in [5.41, 5.74) is 9.31. The molecule has 0 aliphatic heterocycles. The second kappa shape index (κ2) is 5.50. The van der Waals surface area contributed by atoms with Crippen LogP contribution in [0.3, 0.4) is 0 Å². The molecule has 0 amide bonds. The van der Waals surface area contributed by atoms with Crippen molar-refractivity contribution in [1.29, 1.82) is 0 Å². The predicted octanol–water partition coefficient (Wildman–Crippen LogP) is 4.36. The summed E-state index contributed by atoms with van der Waals surface area (Å²) in [5, 5.41) is 0.348. The van der Waals surface area contributed by atoms with Gasteiger partial charge in [-0.3, -0.25) is 0 Å². The molecule has 9 heteroatoms. The minimum atomic E-state index is -4.71. The summed E-state index contributed by atoms with van der Waals surface area (Å²) >= 11 is 11.5. The molecule has 21 heavy (non-hydrogen) atoms.